The maximum Gasteiger partial charge on any atom is 0.218 e. The van der Waals surface area contributed by atoms with E-state index in [-0.39, 0.29) is 11.1 Å². The van der Waals surface area contributed by atoms with E-state index in [4.69, 9.17) is 10.5 Å². The van der Waals surface area contributed by atoms with E-state index in [1.54, 1.807) is 12.4 Å². The van der Waals surface area contributed by atoms with Gasteiger partial charge >= 0.3 is 0 Å². The number of unbranched alkanes of at least 4 members (excludes halogenated alkanes) is 1. The van der Waals surface area contributed by atoms with Crippen LogP contribution in [0, 0.1) is 0 Å². The van der Waals surface area contributed by atoms with Crippen molar-refractivity contribution in [2.45, 2.75) is 26.3 Å². The van der Waals surface area contributed by atoms with Gasteiger partial charge in [0, 0.05) is 25.5 Å². The highest BCUT2D eigenvalue weighted by molar-refractivity contribution is 9.10. The zero-order chi connectivity index (χ0) is 12.0. The van der Waals surface area contributed by atoms with Crippen molar-refractivity contribution in [1.29, 1.82) is 0 Å². The standard InChI is InChI=1S/C11H17BrN2O2/c1-2-3-5-16-6-4-14-7-9(12)11(15)10(13)8-14/h7-8H,2-6,13H2,1H3. The van der Waals surface area contributed by atoms with Gasteiger partial charge < -0.3 is 15.0 Å². The molecule has 0 aliphatic heterocycles. The molecule has 0 amide bonds. The predicted molar refractivity (Wildman–Crippen MR) is 68.5 cm³/mol. The first kappa shape index (κ1) is 13.3. The number of ether oxygens (including phenoxy) is 1. The second kappa shape index (κ2) is 6.70. The first-order valence-electron chi connectivity index (χ1n) is 5.38. The largest absolute Gasteiger partial charge is 0.394 e. The monoisotopic (exact) mass is 288 g/mol. The average Bonchev–Trinajstić information content (AvgIpc) is 2.25. The van der Waals surface area contributed by atoms with Crippen molar-refractivity contribution < 1.29 is 4.74 Å². The Hall–Kier alpha value is -0.810. The van der Waals surface area contributed by atoms with Crippen molar-refractivity contribution in [3.8, 4) is 0 Å². The summed E-state index contributed by atoms with van der Waals surface area (Å²) in [7, 11) is 0. The van der Waals surface area contributed by atoms with Crippen molar-refractivity contribution in [2.24, 2.45) is 0 Å². The maximum atomic E-state index is 11.3. The zero-order valence-electron chi connectivity index (χ0n) is 9.41. The van der Waals surface area contributed by atoms with Gasteiger partial charge in [-0.05, 0) is 22.4 Å². The van der Waals surface area contributed by atoms with Gasteiger partial charge in [0.1, 0.15) is 0 Å². The summed E-state index contributed by atoms with van der Waals surface area (Å²) in [4.78, 5) is 11.3. The molecule has 1 aromatic rings. The number of pyridine rings is 1. The second-order valence-corrected chi connectivity index (χ2v) is 4.45. The highest BCUT2D eigenvalue weighted by Crippen LogP contribution is 2.06. The van der Waals surface area contributed by atoms with E-state index >= 15 is 0 Å². The zero-order valence-corrected chi connectivity index (χ0v) is 11.0. The third kappa shape index (κ3) is 3.98. The Bertz CT molecular complexity index is 364. The number of halogens is 1. The summed E-state index contributed by atoms with van der Waals surface area (Å²) in [5.74, 6) is 0. The third-order valence-electron chi connectivity index (χ3n) is 2.20. The van der Waals surface area contributed by atoms with Crippen LogP contribution in [-0.4, -0.2) is 17.8 Å². The summed E-state index contributed by atoms with van der Waals surface area (Å²) in [5, 5.41) is 0. The smallest absolute Gasteiger partial charge is 0.218 e. The van der Waals surface area contributed by atoms with Crippen molar-refractivity contribution in [3.63, 3.8) is 0 Å². The molecule has 1 heterocycles. The van der Waals surface area contributed by atoms with E-state index in [0.717, 1.165) is 19.4 Å². The van der Waals surface area contributed by atoms with Crippen LogP contribution in [0.15, 0.2) is 21.7 Å². The predicted octanol–water partition coefficient (Wildman–Crippen LogP) is 2.01. The Balaban J connectivity index is 2.46. The molecule has 16 heavy (non-hydrogen) atoms. The number of nitrogens with two attached hydrogens (primary N) is 1. The molecule has 1 rings (SSSR count). The minimum absolute atomic E-state index is 0.164. The van der Waals surface area contributed by atoms with Crippen molar-refractivity contribution >= 4 is 21.6 Å². The molecule has 1 aromatic heterocycles. The van der Waals surface area contributed by atoms with Crippen LogP contribution in [-0.2, 0) is 11.3 Å². The molecule has 0 atom stereocenters. The van der Waals surface area contributed by atoms with E-state index < -0.39 is 0 Å². The lowest BCUT2D eigenvalue weighted by Crippen LogP contribution is -2.15. The molecule has 0 radical (unpaired) electrons. The topological polar surface area (TPSA) is 57.2 Å². The summed E-state index contributed by atoms with van der Waals surface area (Å²) in [5.41, 5.74) is 5.66. The van der Waals surface area contributed by atoms with Crippen LogP contribution in [0.25, 0.3) is 0 Å². The van der Waals surface area contributed by atoms with Gasteiger partial charge in [-0.25, -0.2) is 0 Å². The molecular weight excluding hydrogens is 272 g/mol. The molecule has 0 spiro atoms. The molecule has 4 nitrogen and oxygen atoms in total. The molecule has 0 fully saturated rings. The molecule has 90 valence electrons. The number of nitrogen functional groups attached to an aromatic ring is 1. The Morgan fingerprint density at radius 2 is 2.19 bits per heavy atom. The van der Waals surface area contributed by atoms with E-state index in [2.05, 4.69) is 22.9 Å². The van der Waals surface area contributed by atoms with Crippen LogP contribution in [0.5, 0.6) is 0 Å². The molecule has 5 heteroatoms. The quantitative estimate of drug-likeness (QED) is 0.815. The molecule has 2 N–H and O–H groups in total. The Kier molecular flexibility index (Phi) is 5.55. The minimum atomic E-state index is -0.164. The van der Waals surface area contributed by atoms with Gasteiger partial charge in [-0.3, -0.25) is 4.79 Å². The molecule has 0 aliphatic rings. The number of rotatable bonds is 6. The van der Waals surface area contributed by atoms with Crippen LogP contribution in [0.1, 0.15) is 19.8 Å². The fourth-order valence-corrected chi connectivity index (χ4v) is 1.76. The fourth-order valence-electron chi connectivity index (χ4n) is 1.26. The molecular formula is C11H17BrN2O2. The van der Waals surface area contributed by atoms with Crippen molar-refractivity contribution in [1.82, 2.24) is 4.57 Å². The van der Waals surface area contributed by atoms with Crippen LogP contribution in [0.3, 0.4) is 0 Å². The van der Waals surface area contributed by atoms with E-state index in [1.165, 1.54) is 0 Å². The average molecular weight is 289 g/mol. The van der Waals surface area contributed by atoms with E-state index in [9.17, 15) is 4.79 Å². The Morgan fingerprint density at radius 1 is 1.44 bits per heavy atom. The number of aromatic nitrogens is 1. The molecule has 0 aliphatic carbocycles. The van der Waals surface area contributed by atoms with Gasteiger partial charge in [0.2, 0.25) is 5.43 Å². The lowest BCUT2D eigenvalue weighted by molar-refractivity contribution is 0.123. The summed E-state index contributed by atoms with van der Waals surface area (Å²) in [6.07, 6.45) is 5.57. The first-order chi connectivity index (χ1) is 7.65. The fraction of sp³-hybridized carbons (Fsp3) is 0.545. The SMILES string of the molecule is CCCCOCCn1cc(N)c(=O)c(Br)c1. The Morgan fingerprint density at radius 3 is 2.81 bits per heavy atom. The molecule has 0 saturated carbocycles. The highest BCUT2D eigenvalue weighted by Gasteiger charge is 2.01. The summed E-state index contributed by atoms with van der Waals surface area (Å²) < 4.78 is 7.77. The normalized spacial score (nSPS) is 10.6. The third-order valence-corrected chi connectivity index (χ3v) is 2.76. The summed E-state index contributed by atoms with van der Waals surface area (Å²) in [6, 6.07) is 0. The second-order valence-electron chi connectivity index (χ2n) is 3.59. The van der Waals surface area contributed by atoms with Crippen LogP contribution in [0.2, 0.25) is 0 Å². The minimum Gasteiger partial charge on any atom is -0.394 e. The van der Waals surface area contributed by atoms with Crippen LogP contribution in [0.4, 0.5) is 5.69 Å². The van der Waals surface area contributed by atoms with Gasteiger partial charge in [-0.2, -0.15) is 0 Å². The molecule has 0 unspecified atom stereocenters. The number of nitrogens with zero attached hydrogens (tertiary/aromatic N) is 1. The van der Waals surface area contributed by atoms with Gasteiger partial charge in [0.05, 0.1) is 16.8 Å². The maximum absolute atomic E-state index is 11.3. The van der Waals surface area contributed by atoms with Crippen LogP contribution < -0.4 is 11.2 Å². The molecule has 0 saturated heterocycles. The van der Waals surface area contributed by atoms with Gasteiger partial charge in [0.15, 0.2) is 0 Å². The molecule has 0 bridgehead atoms. The van der Waals surface area contributed by atoms with Gasteiger partial charge in [-0.15, -0.1) is 0 Å². The lowest BCUT2D eigenvalue weighted by atomic mass is 10.4. The van der Waals surface area contributed by atoms with Crippen LogP contribution >= 0.6 is 15.9 Å². The molecule has 0 aromatic carbocycles. The number of hydrogen-bond acceptors (Lipinski definition) is 3. The number of anilines is 1. The van der Waals surface area contributed by atoms with Gasteiger partial charge in [-0.1, -0.05) is 13.3 Å². The van der Waals surface area contributed by atoms with Crippen molar-refractivity contribution in [3.05, 3.63) is 27.1 Å². The van der Waals surface area contributed by atoms with E-state index in [0.29, 0.717) is 17.6 Å². The first-order valence-corrected chi connectivity index (χ1v) is 6.17. The van der Waals surface area contributed by atoms with E-state index in [1.807, 2.05) is 4.57 Å². The lowest BCUT2D eigenvalue weighted by Gasteiger charge is -2.08. The summed E-state index contributed by atoms with van der Waals surface area (Å²) in [6.45, 7) is 4.25. The summed E-state index contributed by atoms with van der Waals surface area (Å²) >= 11 is 3.18. The Labute approximate surface area is 104 Å². The highest BCUT2D eigenvalue weighted by atomic mass is 79.9. The number of hydrogen-bond donors (Lipinski definition) is 1. The van der Waals surface area contributed by atoms with Gasteiger partial charge in [0.25, 0.3) is 0 Å². The van der Waals surface area contributed by atoms with Crippen molar-refractivity contribution in [2.75, 3.05) is 18.9 Å².